The number of sulfonamides is 1. The summed E-state index contributed by atoms with van der Waals surface area (Å²) in [5, 5.41) is 12.9. The van der Waals surface area contributed by atoms with Crippen LogP contribution in [0.1, 0.15) is 24.2 Å². The normalized spacial score (nSPS) is 17.8. The van der Waals surface area contributed by atoms with Gasteiger partial charge in [0, 0.05) is 30.2 Å². The predicted octanol–water partition coefficient (Wildman–Crippen LogP) is 4.66. The van der Waals surface area contributed by atoms with Crippen molar-refractivity contribution in [3.63, 3.8) is 0 Å². The van der Waals surface area contributed by atoms with E-state index in [2.05, 4.69) is 10.0 Å². The second-order valence-corrected chi connectivity index (χ2v) is 12.3. The van der Waals surface area contributed by atoms with Crippen LogP contribution in [0.3, 0.4) is 0 Å². The lowest BCUT2D eigenvalue weighted by Crippen LogP contribution is -2.50. The summed E-state index contributed by atoms with van der Waals surface area (Å²) in [6.07, 6.45) is -0.699. The second kappa shape index (κ2) is 13.0. The number of carbonyl (C=O) groups excluding carboxylic acids is 2. The number of aliphatic hydroxyl groups is 1. The number of halogens is 2. The largest absolute Gasteiger partial charge is 0.485 e. The van der Waals surface area contributed by atoms with Gasteiger partial charge in [-0.3, -0.25) is 9.52 Å². The molecule has 224 valence electrons. The highest BCUT2D eigenvalue weighted by Crippen LogP contribution is 2.36. The summed E-state index contributed by atoms with van der Waals surface area (Å²) in [7, 11) is -2.54. The fourth-order valence-corrected chi connectivity index (χ4v) is 5.65. The Bertz CT molecular complexity index is 1540. The van der Waals surface area contributed by atoms with Crippen LogP contribution in [0.5, 0.6) is 5.75 Å². The Hall–Kier alpha value is -3.87. The molecule has 13 heteroatoms. The molecular formula is C29H32ClFN4O6S. The molecule has 0 aromatic heterocycles. The molecule has 1 aliphatic heterocycles. The number of nitrogens with zero attached hydrogens (tertiary/aromatic N) is 2. The molecule has 0 fully saturated rings. The van der Waals surface area contributed by atoms with E-state index >= 15 is 0 Å². The van der Waals surface area contributed by atoms with Gasteiger partial charge in [-0.25, -0.2) is 17.6 Å². The maximum atomic E-state index is 13.7. The SMILES string of the molecule is C[C@@H]1CN([C@H](C)CO)C(=O)c2cccc(NS(=O)(=O)c3ccc(Cl)cc3)c2O[C@H]1CN(C)C(=O)Nc1ccc(F)cc1. The van der Waals surface area contributed by atoms with Crippen LogP contribution in [0, 0.1) is 11.7 Å². The van der Waals surface area contributed by atoms with Crippen molar-refractivity contribution < 1.29 is 32.2 Å². The Morgan fingerprint density at radius 1 is 1.17 bits per heavy atom. The number of hydrogen-bond donors (Lipinski definition) is 3. The number of hydrogen-bond acceptors (Lipinski definition) is 6. The highest BCUT2D eigenvalue weighted by atomic mass is 35.5. The molecule has 3 amide bonds. The minimum atomic E-state index is -4.10. The Balaban J connectivity index is 1.68. The first-order valence-electron chi connectivity index (χ1n) is 13.2. The number of ether oxygens (including phenoxy) is 1. The van der Waals surface area contributed by atoms with Gasteiger partial charge in [-0.05, 0) is 67.6 Å². The monoisotopic (exact) mass is 618 g/mol. The minimum Gasteiger partial charge on any atom is -0.485 e. The first-order valence-corrected chi connectivity index (χ1v) is 15.0. The lowest BCUT2D eigenvalue weighted by molar-refractivity contribution is 0.0373. The van der Waals surface area contributed by atoms with E-state index in [9.17, 15) is 27.5 Å². The van der Waals surface area contributed by atoms with Crippen LogP contribution in [0.4, 0.5) is 20.6 Å². The predicted molar refractivity (Wildman–Crippen MR) is 158 cm³/mol. The van der Waals surface area contributed by atoms with Crippen LogP contribution in [-0.4, -0.2) is 74.2 Å². The third-order valence-electron chi connectivity index (χ3n) is 6.96. The van der Waals surface area contributed by atoms with Crippen LogP contribution >= 0.6 is 11.6 Å². The van der Waals surface area contributed by atoms with Gasteiger partial charge in [-0.15, -0.1) is 0 Å². The van der Waals surface area contributed by atoms with Crippen molar-refractivity contribution in [3.8, 4) is 5.75 Å². The van der Waals surface area contributed by atoms with Gasteiger partial charge in [-0.2, -0.15) is 0 Å². The number of amides is 3. The number of carbonyl (C=O) groups is 2. The number of rotatable bonds is 8. The summed E-state index contributed by atoms with van der Waals surface area (Å²) in [5.41, 5.74) is 0.532. The summed E-state index contributed by atoms with van der Waals surface area (Å²) in [6, 6.07) is 14.4. The highest BCUT2D eigenvalue weighted by molar-refractivity contribution is 7.92. The van der Waals surface area contributed by atoms with Crippen LogP contribution in [-0.2, 0) is 10.0 Å². The molecule has 3 aromatic carbocycles. The molecule has 0 radical (unpaired) electrons. The number of likely N-dealkylation sites (N-methyl/N-ethyl adjacent to an activating group) is 1. The number of benzene rings is 3. The zero-order valence-electron chi connectivity index (χ0n) is 23.3. The molecule has 3 aromatic rings. The fourth-order valence-electron chi connectivity index (χ4n) is 4.46. The zero-order chi connectivity index (χ0) is 30.6. The molecule has 1 aliphatic rings. The van der Waals surface area contributed by atoms with E-state index < -0.39 is 39.9 Å². The maximum Gasteiger partial charge on any atom is 0.321 e. The number of nitrogens with one attached hydrogen (secondary N) is 2. The molecule has 3 N–H and O–H groups in total. The number of fused-ring (bicyclic) bond motifs is 1. The third kappa shape index (κ3) is 7.12. The van der Waals surface area contributed by atoms with Crippen LogP contribution in [0.2, 0.25) is 5.02 Å². The summed E-state index contributed by atoms with van der Waals surface area (Å²) < 4.78 is 48.7. The fraction of sp³-hybridized carbons (Fsp3) is 0.310. The molecule has 0 saturated heterocycles. The smallest absolute Gasteiger partial charge is 0.321 e. The van der Waals surface area contributed by atoms with Gasteiger partial charge in [0.25, 0.3) is 15.9 Å². The van der Waals surface area contributed by atoms with Crippen molar-refractivity contribution in [2.24, 2.45) is 5.92 Å². The molecule has 0 spiro atoms. The van der Waals surface area contributed by atoms with Crippen molar-refractivity contribution in [1.82, 2.24) is 9.80 Å². The molecule has 1 heterocycles. The van der Waals surface area contributed by atoms with Crippen molar-refractivity contribution in [2.45, 2.75) is 30.9 Å². The lowest BCUT2D eigenvalue weighted by atomic mass is 9.99. The van der Waals surface area contributed by atoms with Crippen LogP contribution in [0.25, 0.3) is 0 Å². The van der Waals surface area contributed by atoms with Crippen molar-refractivity contribution in [2.75, 3.05) is 36.8 Å². The molecule has 42 heavy (non-hydrogen) atoms. The number of anilines is 2. The van der Waals surface area contributed by atoms with Gasteiger partial charge in [-0.1, -0.05) is 24.6 Å². The van der Waals surface area contributed by atoms with Gasteiger partial charge in [0.05, 0.1) is 35.3 Å². The molecular weight excluding hydrogens is 587 g/mol. The number of urea groups is 1. The van der Waals surface area contributed by atoms with Gasteiger partial charge < -0.3 is 25.0 Å². The average Bonchev–Trinajstić information content (AvgIpc) is 2.96. The van der Waals surface area contributed by atoms with Gasteiger partial charge >= 0.3 is 6.03 Å². The van der Waals surface area contributed by atoms with Crippen molar-refractivity contribution >= 4 is 44.9 Å². The van der Waals surface area contributed by atoms with E-state index in [1.165, 1.54) is 76.5 Å². The summed E-state index contributed by atoms with van der Waals surface area (Å²) in [4.78, 5) is 29.5. The van der Waals surface area contributed by atoms with Crippen molar-refractivity contribution in [3.05, 3.63) is 83.1 Å². The van der Waals surface area contributed by atoms with Gasteiger partial charge in [0.1, 0.15) is 11.9 Å². The first-order chi connectivity index (χ1) is 19.9. The summed E-state index contributed by atoms with van der Waals surface area (Å²) in [6.45, 7) is 3.52. The van der Waals surface area contributed by atoms with E-state index in [0.717, 1.165) is 0 Å². The Labute approximate surface area is 249 Å². The van der Waals surface area contributed by atoms with Gasteiger partial charge in [0.2, 0.25) is 0 Å². The van der Waals surface area contributed by atoms with Crippen molar-refractivity contribution in [1.29, 1.82) is 0 Å². The maximum absolute atomic E-state index is 13.7. The lowest BCUT2D eigenvalue weighted by Gasteiger charge is -2.38. The molecule has 10 nitrogen and oxygen atoms in total. The Morgan fingerprint density at radius 2 is 1.83 bits per heavy atom. The first kappa shape index (κ1) is 31.1. The molecule has 0 unspecified atom stereocenters. The third-order valence-corrected chi connectivity index (χ3v) is 8.59. The molecule has 4 rings (SSSR count). The van der Waals surface area contributed by atoms with E-state index in [-0.39, 0.29) is 47.5 Å². The Kier molecular flexibility index (Phi) is 9.60. The van der Waals surface area contributed by atoms with Gasteiger partial charge in [0.15, 0.2) is 5.75 Å². The molecule has 0 aliphatic carbocycles. The minimum absolute atomic E-state index is 0.000860. The highest BCUT2D eigenvalue weighted by Gasteiger charge is 2.35. The molecule has 0 saturated carbocycles. The zero-order valence-corrected chi connectivity index (χ0v) is 24.8. The van der Waals surface area contributed by atoms with Crippen LogP contribution in [0.15, 0.2) is 71.6 Å². The molecule has 3 atom stereocenters. The average molecular weight is 619 g/mol. The Morgan fingerprint density at radius 3 is 2.48 bits per heavy atom. The summed E-state index contributed by atoms with van der Waals surface area (Å²) in [5.74, 6) is -1.22. The van der Waals surface area contributed by atoms with E-state index in [1.54, 1.807) is 14.0 Å². The number of para-hydroxylation sites is 1. The topological polar surface area (TPSA) is 128 Å². The van der Waals surface area contributed by atoms with E-state index in [1.807, 2.05) is 6.92 Å². The second-order valence-electron chi connectivity index (χ2n) is 10.2. The van der Waals surface area contributed by atoms with Crippen LogP contribution < -0.4 is 14.8 Å². The number of aliphatic hydroxyl groups excluding tert-OH is 1. The quantitative estimate of drug-likeness (QED) is 0.337. The molecule has 0 bridgehead atoms. The summed E-state index contributed by atoms with van der Waals surface area (Å²) >= 11 is 5.92. The van der Waals surface area contributed by atoms with E-state index in [0.29, 0.717) is 10.7 Å². The van der Waals surface area contributed by atoms with E-state index in [4.69, 9.17) is 16.3 Å². The standard InChI is InChI=1S/C29H32ClFN4O6S/c1-18-15-35(19(2)17-36)28(37)24-5-4-6-25(33-42(39,40)23-13-7-20(30)8-14-23)27(24)41-26(18)16-34(3)29(38)32-22-11-9-21(31)10-12-22/h4-14,18-19,26,33,36H,15-17H2,1-3H3,(H,32,38)/t18-,19-,26+/m1/s1.